The van der Waals surface area contributed by atoms with Crippen LogP contribution in [0.2, 0.25) is 0 Å². The van der Waals surface area contributed by atoms with Crippen LogP contribution < -0.4 is 5.32 Å². The van der Waals surface area contributed by atoms with E-state index in [1.807, 2.05) is 0 Å². The molecule has 88 valence electrons. The van der Waals surface area contributed by atoms with E-state index >= 15 is 0 Å². The van der Waals surface area contributed by atoms with Crippen LogP contribution >= 0.6 is 0 Å². The lowest BCUT2D eigenvalue weighted by Crippen LogP contribution is -2.39. The van der Waals surface area contributed by atoms with Gasteiger partial charge in [0.2, 0.25) is 0 Å². The lowest BCUT2D eigenvalue weighted by atomic mass is 9.88. The highest BCUT2D eigenvalue weighted by Crippen LogP contribution is 2.38. The van der Waals surface area contributed by atoms with Crippen molar-refractivity contribution in [2.75, 3.05) is 6.54 Å². The van der Waals surface area contributed by atoms with E-state index in [-0.39, 0.29) is 0 Å². The molecule has 0 aliphatic carbocycles. The second-order valence-corrected chi connectivity index (χ2v) is 5.54. The predicted molar refractivity (Wildman–Crippen MR) is 62.9 cm³/mol. The Morgan fingerprint density at radius 1 is 1.33 bits per heavy atom. The third-order valence-corrected chi connectivity index (χ3v) is 4.12. The summed E-state index contributed by atoms with van der Waals surface area (Å²) in [5.74, 6) is 1.53. The van der Waals surface area contributed by atoms with Crippen LogP contribution in [0.4, 0.5) is 0 Å². The minimum absolute atomic E-state index is 0.576. The maximum Gasteiger partial charge on any atom is 0.0621 e. The first-order chi connectivity index (χ1) is 7.20. The van der Waals surface area contributed by atoms with Gasteiger partial charge in [-0.2, -0.15) is 0 Å². The zero-order chi connectivity index (χ0) is 10.8. The van der Waals surface area contributed by atoms with Gasteiger partial charge in [-0.15, -0.1) is 0 Å². The summed E-state index contributed by atoms with van der Waals surface area (Å²) in [5, 5.41) is 3.72. The van der Waals surface area contributed by atoms with Crippen molar-refractivity contribution in [3.8, 4) is 0 Å². The molecule has 2 saturated heterocycles. The van der Waals surface area contributed by atoms with Crippen molar-refractivity contribution >= 4 is 0 Å². The second-order valence-electron chi connectivity index (χ2n) is 5.54. The van der Waals surface area contributed by atoms with E-state index in [0.29, 0.717) is 18.2 Å². The van der Waals surface area contributed by atoms with Crippen LogP contribution in [0.3, 0.4) is 0 Å². The molecule has 2 heteroatoms. The molecule has 0 radical (unpaired) electrons. The van der Waals surface area contributed by atoms with Crippen LogP contribution in [0.1, 0.15) is 46.5 Å². The van der Waals surface area contributed by atoms with E-state index in [1.165, 1.54) is 25.7 Å². The van der Waals surface area contributed by atoms with E-state index in [9.17, 15) is 0 Å². The highest BCUT2D eigenvalue weighted by atomic mass is 16.5. The molecule has 0 aromatic carbocycles. The lowest BCUT2D eigenvalue weighted by Gasteiger charge is -2.25. The third kappa shape index (κ3) is 2.54. The molecule has 2 aliphatic rings. The first kappa shape index (κ1) is 11.4. The zero-order valence-electron chi connectivity index (χ0n) is 10.3. The van der Waals surface area contributed by atoms with E-state index in [0.717, 1.165) is 18.4 Å². The molecule has 4 unspecified atom stereocenters. The molecule has 15 heavy (non-hydrogen) atoms. The minimum atomic E-state index is 0.576. The van der Waals surface area contributed by atoms with Gasteiger partial charge in [-0.05, 0) is 31.6 Å². The number of hydrogen-bond donors (Lipinski definition) is 1. The van der Waals surface area contributed by atoms with Crippen molar-refractivity contribution in [2.24, 2.45) is 11.8 Å². The van der Waals surface area contributed by atoms with Crippen LogP contribution in [-0.2, 0) is 4.74 Å². The van der Waals surface area contributed by atoms with Gasteiger partial charge in [-0.25, -0.2) is 0 Å². The number of hydrogen-bond acceptors (Lipinski definition) is 2. The summed E-state index contributed by atoms with van der Waals surface area (Å²) >= 11 is 0. The van der Waals surface area contributed by atoms with E-state index in [4.69, 9.17) is 4.74 Å². The Morgan fingerprint density at radius 3 is 2.60 bits per heavy atom. The van der Waals surface area contributed by atoms with Crippen molar-refractivity contribution in [1.82, 2.24) is 5.32 Å². The Bertz CT molecular complexity index is 205. The van der Waals surface area contributed by atoms with Gasteiger partial charge in [0.25, 0.3) is 0 Å². The molecular formula is C13H25NO. The fourth-order valence-electron chi connectivity index (χ4n) is 3.11. The molecule has 2 rings (SSSR count). The molecule has 0 amide bonds. The van der Waals surface area contributed by atoms with Gasteiger partial charge in [0.15, 0.2) is 0 Å². The monoisotopic (exact) mass is 211 g/mol. The summed E-state index contributed by atoms with van der Waals surface area (Å²) in [6.45, 7) is 8.05. The third-order valence-electron chi connectivity index (χ3n) is 4.12. The Labute approximate surface area is 93.8 Å². The van der Waals surface area contributed by atoms with Crippen LogP contribution in [-0.4, -0.2) is 24.8 Å². The molecule has 2 bridgehead atoms. The summed E-state index contributed by atoms with van der Waals surface area (Å²) in [6, 6.07) is 0.684. The number of nitrogens with one attached hydrogen (secondary N) is 1. The largest absolute Gasteiger partial charge is 0.375 e. The molecule has 0 aromatic rings. The fraction of sp³-hybridized carbons (Fsp3) is 1.00. The highest BCUT2D eigenvalue weighted by molar-refractivity contribution is 4.90. The summed E-state index contributed by atoms with van der Waals surface area (Å²) in [5.41, 5.74) is 0. The smallest absolute Gasteiger partial charge is 0.0621 e. The van der Waals surface area contributed by atoms with E-state index < -0.39 is 0 Å². The van der Waals surface area contributed by atoms with Gasteiger partial charge in [0, 0.05) is 18.5 Å². The number of ether oxygens (including phenoxy) is 1. The quantitative estimate of drug-likeness (QED) is 0.754. The molecule has 1 N–H and O–H groups in total. The molecule has 0 spiro atoms. The van der Waals surface area contributed by atoms with Crippen molar-refractivity contribution < 1.29 is 4.74 Å². The Morgan fingerprint density at radius 2 is 2.13 bits per heavy atom. The van der Waals surface area contributed by atoms with Gasteiger partial charge in [0.05, 0.1) is 12.2 Å². The van der Waals surface area contributed by atoms with Gasteiger partial charge >= 0.3 is 0 Å². The molecule has 0 aromatic heterocycles. The predicted octanol–water partition coefficient (Wildman–Crippen LogP) is 2.58. The summed E-state index contributed by atoms with van der Waals surface area (Å²) < 4.78 is 5.87. The average molecular weight is 211 g/mol. The van der Waals surface area contributed by atoms with Gasteiger partial charge in [-0.1, -0.05) is 20.8 Å². The maximum absolute atomic E-state index is 5.87. The highest BCUT2D eigenvalue weighted by Gasteiger charge is 2.40. The topological polar surface area (TPSA) is 21.3 Å². The fourth-order valence-corrected chi connectivity index (χ4v) is 3.11. The zero-order valence-corrected chi connectivity index (χ0v) is 10.3. The number of rotatable bonds is 5. The Balaban J connectivity index is 1.73. The van der Waals surface area contributed by atoms with Gasteiger partial charge in [-0.3, -0.25) is 0 Å². The number of fused-ring (bicyclic) bond motifs is 2. The minimum Gasteiger partial charge on any atom is -0.375 e. The summed E-state index contributed by atoms with van der Waals surface area (Å²) in [6.07, 6.45) is 6.32. The molecular weight excluding hydrogens is 186 g/mol. The second kappa shape index (κ2) is 4.84. The normalized spacial score (nSPS) is 36.4. The molecule has 4 atom stereocenters. The van der Waals surface area contributed by atoms with Crippen LogP contribution in [0.25, 0.3) is 0 Å². The maximum atomic E-state index is 5.87. The first-order valence-corrected chi connectivity index (χ1v) is 6.59. The van der Waals surface area contributed by atoms with Crippen molar-refractivity contribution in [3.63, 3.8) is 0 Å². The van der Waals surface area contributed by atoms with Crippen molar-refractivity contribution in [1.29, 1.82) is 0 Å². The van der Waals surface area contributed by atoms with Crippen LogP contribution in [0.5, 0.6) is 0 Å². The molecule has 2 heterocycles. The summed E-state index contributed by atoms with van der Waals surface area (Å²) in [7, 11) is 0. The Kier molecular flexibility index (Phi) is 3.68. The average Bonchev–Trinajstić information content (AvgIpc) is 2.79. The van der Waals surface area contributed by atoms with E-state index in [2.05, 4.69) is 26.1 Å². The summed E-state index contributed by atoms with van der Waals surface area (Å²) in [4.78, 5) is 0. The van der Waals surface area contributed by atoms with Crippen LogP contribution in [0, 0.1) is 11.8 Å². The molecule has 2 nitrogen and oxygen atoms in total. The van der Waals surface area contributed by atoms with Crippen molar-refractivity contribution in [3.05, 3.63) is 0 Å². The standard InChI is InChI=1S/C13H25NO/c1-4-12(9(2)3)14-8-10-7-11-5-6-13(10)15-11/h9-14H,4-8H2,1-3H3. The van der Waals surface area contributed by atoms with Crippen LogP contribution in [0.15, 0.2) is 0 Å². The lowest BCUT2D eigenvalue weighted by molar-refractivity contribution is 0.0916. The SMILES string of the molecule is CCC(NCC1CC2CCC1O2)C(C)C. The van der Waals surface area contributed by atoms with E-state index in [1.54, 1.807) is 0 Å². The molecule has 0 saturated carbocycles. The Hall–Kier alpha value is -0.0800. The van der Waals surface area contributed by atoms with Gasteiger partial charge in [0.1, 0.15) is 0 Å². The molecule has 2 aliphatic heterocycles. The first-order valence-electron chi connectivity index (χ1n) is 6.59. The van der Waals surface area contributed by atoms with Crippen molar-refractivity contribution in [2.45, 2.75) is 64.7 Å². The molecule has 2 fully saturated rings. The van der Waals surface area contributed by atoms with Gasteiger partial charge < -0.3 is 10.1 Å².